The Morgan fingerprint density at radius 2 is 1.94 bits per heavy atom. The number of rotatable bonds is 1. The number of hydrogen-bond donors (Lipinski definition) is 1. The van der Waals surface area contributed by atoms with Crippen molar-refractivity contribution in [2.24, 2.45) is 0 Å². The van der Waals surface area contributed by atoms with Gasteiger partial charge in [0.05, 0.1) is 5.52 Å². The molecule has 0 saturated carbocycles. The van der Waals surface area contributed by atoms with Crippen LogP contribution >= 0.6 is 23.1 Å². The van der Waals surface area contributed by atoms with Gasteiger partial charge in [0.25, 0.3) is 0 Å². The molecule has 84 valence electrons. The first kappa shape index (κ1) is 10.4. The molecule has 0 atom stereocenters. The summed E-state index contributed by atoms with van der Waals surface area (Å²) >= 11 is 7.09. The third kappa shape index (κ3) is 1.94. The van der Waals surface area contributed by atoms with Crippen LogP contribution in [-0.2, 0) is 0 Å². The van der Waals surface area contributed by atoms with Crippen LogP contribution < -0.4 is 5.73 Å². The highest BCUT2D eigenvalue weighted by Gasteiger charge is 2.07. The Morgan fingerprint density at radius 1 is 1.12 bits per heavy atom. The fraction of sp³-hybridized carbons (Fsp3) is 0. The Labute approximate surface area is 106 Å². The Hall–Kier alpha value is -1.72. The molecular weight excluding hydrogens is 256 g/mol. The van der Waals surface area contributed by atoms with Gasteiger partial charge < -0.3 is 5.73 Å². The summed E-state index contributed by atoms with van der Waals surface area (Å²) in [5, 5.41) is 2.13. The van der Waals surface area contributed by atoms with Crippen molar-refractivity contribution in [1.29, 1.82) is 0 Å². The number of hydrogen-bond acceptors (Lipinski definition) is 5. The number of halogens is 1. The lowest BCUT2D eigenvalue weighted by Gasteiger charge is -2.00. The van der Waals surface area contributed by atoms with Crippen LogP contribution in [0, 0.1) is 0 Å². The van der Waals surface area contributed by atoms with Crippen molar-refractivity contribution >= 4 is 39.2 Å². The number of pyridine rings is 1. The number of fused-ring (bicyclic) bond motifs is 1. The number of anilines is 1. The zero-order valence-corrected chi connectivity index (χ0v) is 10.2. The van der Waals surface area contributed by atoms with Crippen molar-refractivity contribution in [3.8, 4) is 11.5 Å². The highest BCUT2D eigenvalue weighted by molar-refractivity contribution is 7.09. The van der Waals surface area contributed by atoms with E-state index in [4.69, 9.17) is 17.3 Å². The van der Waals surface area contributed by atoms with E-state index in [-0.39, 0.29) is 0 Å². The third-order valence-corrected chi connectivity index (χ3v) is 3.10. The van der Waals surface area contributed by atoms with Crippen LogP contribution in [0.4, 0.5) is 5.13 Å². The lowest BCUT2D eigenvalue weighted by molar-refractivity contribution is 1.27. The van der Waals surface area contributed by atoms with E-state index < -0.39 is 0 Å². The molecule has 2 aromatic heterocycles. The quantitative estimate of drug-likeness (QED) is 0.732. The number of nitrogens with two attached hydrogens (primary N) is 1. The van der Waals surface area contributed by atoms with Crippen LogP contribution in [0.3, 0.4) is 0 Å². The highest BCUT2D eigenvalue weighted by atomic mass is 35.5. The maximum atomic E-state index is 5.93. The SMILES string of the molecule is Nc1nc(-c2ccc3ccc(Cl)cc3n2)ns1. The summed E-state index contributed by atoms with van der Waals surface area (Å²) in [4.78, 5) is 8.56. The third-order valence-electron chi connectivity index (χ3n) is 2.32. The van der Waals surface area contributed by atoms with Gasteiger partial charge in [-0.15, -0.1) is 0 Å². The Morgan fingerprint density at radius 3 is 2.71 bits per heavy atom. The van der Waals surface area contributed by atoms with Gasteiger partial charge in [-0.2, -0.15) is 9.36 Å². The molecular formula is C11H7ClN4S. The van der Waals surface area contributed by atoms with Crippen LogP contribution in [0.15, 0.2) is 30.3 Å². The van der Waals surface area contributed by atoms with Crippen molar-refractivity contribution in [3.05, 3.63) is 35.4 Å². The molecule has 0 saturated heterocycles. The van der Waals surface area contributed by atoms with E-state index in [9.17, 15) is 0 Å². The minimum absolute atomic E-state index is 0.438. The molecule has 0 amide bonds. The predicted molar refractivity (Wildman–Crippen MR) is 70.1 cm³/mol. The van der Waals surface area contributed by atoms with Crippen LogP contribution in [0.2, 0.25) is 5.02 Å². The van der Waals surface area contributed by atoms with Crippen molar-refractivity contribution in [2.45, 2.75) is 0 Å². The van der Waals surface area contributed by atoms with E-state index in [1.807, 2.05) is 30.3 Å². The van der Waals surface area contributed by atoms with Crippen molar-refractivity contribution < 1.29 is 0 Å². The molecule has 17 heavy (non-hydrogen) atoms. The Kier molecular flexibility index (Phi) is 2.42. The molecule has 0 radical (unpaired) electrons. The highest BCUT2D eigenvalue weighted by Crippen LogP contribution is 2.22. The fourth-order valence-electron chi connectivity index (χ4n) is 1.55. The first-order chi connectivity index (χ1) is 8.22. The van der Waals surface area contributed by atoms with Gasteiger partial charge in [0.15, 0.2) is 11.0 Å². The standard InChI is InChI=1S/C11H7ClN4S/c12-7-3-1-6-2-4-8(14-9(6)5-7)10-15-11(13)17-16-10/h1-5H,(H2,13,15,16). The molecule has 0 unspecified atom stereocenters. The molecule has 6 heteroatoms. The van der Waals surface area contributed by atoms with Gasteiger partial charge in [-0.05, 0) is 18.2 Å². The summed E-state index contributed by atoms with van der Waals surface area (Å²) in [5.41, 5.74) is 7.07. The molecule has 2 N–H and O–H groups in total. The van der Waals surface area contributed by atoms with E-state index in [0.717, 1.165) is 22.4 Å². The first-order valence-corrected chi connectivity index (χ1v) is 6.03. The average molecular weight is 263 g/mol. The molecule has 4 nitrogen and oxygen atoms in total. The maximum Gasteiger partial charge on any atom is 0.200 e. The van der Waals surface area contributed by atoms with Gasteiger partial charge in [-0.25, -0.2) is 4.98 Å². The minimum Gasteiger partial charge on any atom is -0.374 e. The lowest BCUT2D eigenvalue weighted by atomic mass is 10.2. The van der Waals surface area contributed by atoms with E-state index in [1.165, 1.54) is 0 Å². The smallest absolute Gasteiger partial charge is 0.200 e. The zero-order valence-electron chi connectivity index (χ0n) is 8.59. The van der Waals surface area contributed by atoms with Crippen molar-refractivity contribution in [3.63, 3.8) is 0 Å². The largest absolute Gasteiger partial charge is 0.374 e. The van der Waals surface area contributed by atoms with Crippen molar-refractivity contribution in [2.75, 3.05) is 5.73 Å². The van der Waals surface area contributed by atoms with Gasteiger partial charge >= 0.3 is 0 Å². The van der Waals surface area contributed by atoms with Crippen LogP contribution in [0.25, 0.3) is 22.4 Å². The van der Waals surface area contributed by atoms with Crippen LogP contribution in [0.1, 0.15) is 0 Å². The van der Waals surface area contributed by atoms with Crippen LogP contribution in [0.5, 0.6) is 0 Å². The summed E-state index contributed by atoms with van der Waals surface area (Å²) in [7, 11) is 0. The van der Waals surface area contributed by atoms with Gasteiger partial charge in [0.1, 0.15) is 5.69 Å². The van der Waals surface area contributed by atoms with Gasteiger partial charge in [-0.1, -0.05) is 23.7 Å². The molecule has 1 aromatic carbocycles. The molecule has 3 aromatic rings. The van der Waals surface area contributed by atoms with Gasteiger partial charge in [-0.3, -0.25) is 0 Å². The molecule has 0 fully saturated rings. The molecule has 0 bridgehead atoms. The zero-order chi connectivity index (χ0) is 11.8. The number of nitrogens with zero attached hydrogens (tertiary/aromatic N) is 3. The number of aromatic nitrogens is 3. The molecule has 0 aliphatic heterocycles. The predicted octanol–water partition coefficient (Wildman–Crippen LogP) is 2.99. The average Bonchev–Trinajstić information content (AvgIpc) is 2.75. The second kappa shape index (κ2) is 3.94. The first-order valence-electron chi connectivity index (χ1n) is 4.88. The molecule has 0 spiro atoms. The van der Waals surface area contributed by atoms with E-state index >= 15 is 0 Å². The molecule has 0 aliphatic rings. The monoisotopic (exact) mass is 262 g/mol. The fourth-order valence-corrected chi connectivity index (χ4v) is 2.16. The second-order valence-electron chi connectivity index (χ2n) is 3.49. The van der Waals surface area contributed by atoms with Crippen molar-refractivity contribution in [1.82, 2.24) is 14.3 Å². The Balaban J connectivity index is 2.18. The second-order valence-corrected chi connectivity index (χ2v) is 4.71. The Bertz CT molecular complexity index is 695. The lowest BCUT2D eigenvalue weighted by Crippen LogP contribution is -1.88. The maximum absolute atomic E-state index is 5.93. The normalized spacial score (nSPS) is 10.9. The van der Waals surface area contributed by atoms with E-state index in [0.29, 0.717) is 21.7 Å². The topological polar surface area (TPSA) is 64.7 Å². The molecule has 2 heterocycles. The van der Waals surface area contributed by atoms with Crippen LogP contribution in [-0.4, -0.2) is 14.3 Å². The summed E-state index contributed by atoms with van der Waals surface area (Å²) < 4.78 is 4.13. The summed E-state index contributed by atoms with van der Waals surface area (Å²) in [6.45, 7) is 0. The molecule has 3 rings (SSSR count). The van der Waals surface area contributed by atoms with E-state index in [2.05, 4.69) is 14.3 Å². The molecule has 0 aliphatic carbocycles. The summed E-state index contributed by atoms with van der Waals surface area (Å²) in [5.74, 6) is 0.550. The summed E-state index contributed by atoms with van der Waals surface area (Å²) in [6.07, 6.45) is 0. The van der Waals surface area contributed by atoms with Gasteiger partial charge in [0, 0.05) is 21.9 Å². The number of nitrogen functional groups attached to an aromatic ring is 1. The minimum atomic E-state index is 0.438. The van der Waals surface area contributed by atoms with Gasteiger partial charge in [0.2, 0.25) is 0 Å². The number of benzene rings is 1. The van der Waals surface area contributed by atoms with E-state index in [1.54, 1.807) is 0 Å². The summed E-state index contributed by atoms with van der Waals surface area (Å²) in [6, 6.07) is 9.42.